The summed E-state index contributed by atoms with van der Waals surface area (Å²) in [4.78, 5) is 28.0. The van der Waals surface area contributed by atoms with E-state index in [-0.39, 0.29) is 24.6 Å². The van der Waals surface area contributed by atoms with Crippen molar-refractivity contribution in [3.8, 4) is 0 Å². The highest BCUT2D eigenvalue weighted by molar-refractivity contribution is 9.10. The second-order valence-corrected chi connectivity index (χ2v) is 9.38. The molecular weight excluding hydrogens is 364 g/mol. The monoisotopic (exact) mass is 392 g/mol. The molecule has 0 aromatic heterocycles. The molecule has 0 aromatic carbocycles. The lowest BCUT2D eigenvalue weighted by molar-refractivity contribution is -0.136. The quantitative estimate of drug-likeness (QED) is 0.745. The van der Waals surface area contributed by atoms with E-state index < -0.39 is 9.93 Å². The van der Waals surface area contributed by atoms with Gasteiger partial charge in [0.15, 0.2) is 0 Å². The van der Waals surface area contributed by atoms with Crippen molar-refractivity contribution in [1.29, 1.82) is 0 Å². The summed E-state index contributed by atoms with van der Waals surface area (Å²) in [5.41, 5.74) is -0.507. The maximum absolute atomic E-state index is 12.5. The maximum Gasteiger partial charge on any atom is 0.410 e. The Labute approximate surface area is 147 Å². The van der Waals surface area contributed by atoms with E-state index in [0.29, 0.717) is 32.5 Å². The number of likely N-dealkylation sites (tertiary alicyclic amines) is 1. The molecule has 0 unspecified atom stereocenters. The molecule has 0 aromatic rings. The lowest BCUT2D eigenvalue weighted by Gasteiger charge is -2.40. The van der Waals surface area contributed by atoms with Crippen molar-refractivity contribution in [2.24, 2.45) is 0 Å². The predicted molar refractivity (Wildman–Crippen MR) is 92.6 cm³/mol. The van der Waals surface area contributed by atoms with Crippen LogP contribution < -0.4 is 0 Å². The molecule has 1 heterocycles. The highest BCUT2D eigenvalue weighted by atomic mass is 79.9. The molecule has 0 bridgehead atoms. The number of alkyl halides is 1. The zero-order valence-corrected chi connectivity index (χ0v) is 16.4. The van der Waals surface area contributed by atoms with Gasteiger partial charge in [-0.1, -0.05) is 15.9 Å². The molecule has 1 aliphatic rings. The second kappa shape index (κ2) is 7.83. The van der Waals surface area contributed by atoms with Crippen LogP contribution in [0.25, 0.3) is 0 Å². The van der Waals surface area contributed by atoms with Crippen molar-refractivity contribution in [3.05, 3.63) is 0 Å². The summed E-state index contributed by atoms with van der Waals surface area (Å²) < 4.78 is 4.72. The van der Waals surface area contributed by atoms with Crippen LogP contribution in [-0.2, 0) is 9.53 Å². The fraction of sp³-hybridized carbons (Fsp3) is 0.875. The third-order valence-corrected chi connectivity index (χ3v) is 4.01. The molecule has 1 N–H and O–H groups in total. The van der Waals surface area contributed by atoms with E-state index in [1.54, 1.807) is 23.6 Å². The first kappa shape index (κ1) is 20.2. The minimum absolute atomic E-state index is 0.0326. The summed E-state index contributed by atoms with van der Waals surface area (Å²) in [6.45, 7) is 10.5. The number of nitrogens with zero attached hydrogens (tertiary/aromatic N) is 2. The molecule has 0 saturated carbocycles. The zero-order valence-electron chi connectivity index (χ0n) is 14.8. The van der Waals surface area contributed by atoms with Gasteiger partial charge in [-0.05, 0) is 47.5 Å². The average molecular weight is 393 g/mol. The van der Waals surface area contributed by atoms with Crippen LogP contribution in [0.2, 0.25) is 0 Å². The number of carbonyl (C=O) groups is 2. The average Bonchev–Trinajstić information content (AvgIpc) is 2.41. The number of aliphatic hydroxyl groups is 1. The maximum atomic E-state index is 12.5. The molecule has 0 atom stereocenters. The molecule has 134 valence electrons. The van der Waals surface area contributed by atoms with Crippen LogP contribution in [-0.4, -0.2) is 69.1 Å². The van der Waals surface area contributed by atoms with Gasteiger partial charge in [0.25, 0.3) is 0 Å². The van der Waals surface area contributed by atoms with E-state index in [9.17, 15) is 14.7 Å². The number of hydrogen-bond acceptors (Lipinski definition) is 4. The molecule has 1 fully saturated rings. The Hall–Kier alpha value is -0.820. The minimum atomic E-state index is -0.662. The van der Waals surface area contributed by atoms with Gasteiger partial charge in [0.1, 0.15) is 5.60 Å². The van der Waals surface area contributed by atoms with Gasteiger partial charge < -0.3 is 19.6 Å². The first-order valence-electron chi connectivity index (χ1n) is 8.04. The smallest absolute Gasteiger partial charge is 0.410 e. The van der Waals surface area contributed by atoms with Crippen molar-refractivity contribution in [2.75, 3.05) is 26.2 Å². The Kier molecular flexibility index (Phi) is 6.89. The lowest BCUT2D eigenvalue weighted by atomic mass is 10.0. The minimum Gasteiger partial charge on any atom is -0.444 e. The van der Waals surface area contributed by atoms with Gasteiger partial charge in [0, 0.05) is 25.7 Å². The highest BCUT2D eigenvalue weighted by Crippen LogP contribution is 2.25. The summed E-state index contributed by atoms with van der Waals surface area (Å²) in [6.07, 6.45) is 1.07. The Morgan fingerprint density at radius 2 is 1.74 bits per heavy atom. The summed E-state index contributed by atoms with van der Waals surface area (Å²) in [6, 6.07) is 0.0326. The first-order chi connectivity index (χ1) is 10.5. The predicted octanol–water partition coefficient (Wildman–Crippen LogP) is 2.38. The Morgan fingerprint density at radius 1 is 1.22 bits per heavy atom. The molecule has 1 saturated heterocycles. The molecule has 1 rings (SSSR count). The van der Waals surface area contributed by atoms with E-state index in [1.807, 2.05) is 20.8 Å². The van der Waals surface area contributed by atoms with Crippen LogP contribution in [0.5, 0.6) is 0 Å². The molecule has 7 heteroatoms. The molecule has 0 radical (unpaired) electrons. The van der Waals surface area contributed by atoms with E-state index in [0.717, 1.165) is 0 Å². The number of rotatable bonds is 4. The number of ether oxygens (including phenoxy) is 1. The first-order valence-corrected chi connectivity index (χ1v) is 8.84. The summed E-state index contributed by atoms with van der Waals surface area (Å²) >= 11 is 3.39. The summed E-state index contributed by atoms with van der Waals surface area (Å²) in [7, 11) is 0. The van der Waals surface area contributed by atoms with Gasteiger partial charge >= 0.3 is 6.09 Å². The molecule has 1 aliphatic heterocycles. The third-order valence-electron chi connectivity index (χ3n) is 3.67. The number of amides is 2. The standard InChI is InChI=1S/C16H29BrN2O4/c1-15(2,3)23-14(22)18-8-6-12(7-9-18)19(10-11-20)13(21)16(4,5)17/h12,20H,6-11H2,1-5H3. The van der Waals surface area contributed by atoms with Crippen LogP contribution in [0.4, 0.5) is 4.79 Å². The molecular formula is C16H29BrN2O4. The van der Waals surface area contributed by atoms with Crippen molar-refractivity contribution in [2.45, 2.75) is 63.4 Å². The van der Waals surface area contributed by atoms with Gasteiger partial charge in [-0.25, -0.2) is 4.79 Å². The Balaban J connectivity index is 2.65. The molecule has 23 heavy (non-hydrogen) atoms. The van der Waals surface area contributed by atoms with E-state index >= 15 is 0 Å². The van der Waals surface area contributed by atoms with Crippen molar-refractivity contribution < 1.29 is 19.4 Å². The van der Waals surface area contributed by atoms with Gasteiger partial charge in [-0.15, -0.1) is 0 Å². The third kappa shape index (κ3) is 6.30. The van der Waals surface area contributed by atoms with Gasteiger partial charge in [0.05, 0.1) is 10.9 Å². The summed E-state index contributed by atoms with van der Waals surface area (Å²) in [5, 5.41) is 9.26. The van der Waals surface area contributed by atoms with Gasteiger partial charge in [0.2, 0.25) is 5.91 Å². The second-order valence-electron chi connectivity index (χ2n) is 7.39. The van der Waals surface area contributed by atoms with Crippen LogP contribution >= 0.6 is 15.9 Å². The van der Waals surface area contributed by atoms with Crippen LogP contribution in [0, 0.1) is 0 Å². The van der Waals surface area contributed by atoms with Crippen LogP contribution in [0.3, 0.4) is 0 Å². The lowest BCUT2D eigenvalue weighted by Crippen LogP contribution is -2.53. The Bertz CT molecular complexity index is 421. The zero-order chi connectivity index (χ0) is 17.8. The highest BCUT2D eigenvalue weighted by Gasteiger charge is 2.36. The van der Waals surface area contributed by atoms with Crippen LogP contribution in [0.1, 0.15) is 47.5 Å². The SMILES string of the molecule is CC(C)(C)OC(=O)N1CCC(N(CCO)C(=O)C(C)(C)Br)CC1. The Morgan fingerprint density at radius 3 is 2.13 bits per heavy atom. The van der Waals surface area contributed by atoms with Crippen LogP contribution in [0.15, 0.2) is 0 Å². The van der Waals surface area contributed by atoms with E-state index in [4.69, 9.17) is 4.74 Å². The summed E-state index contributed by atoms with van der Waals surface area (Å²) in [5.74, 6) is -0.0396. The van der Waals surface area contributed by atoms with Crippen molar-refractivity contribution in [1.82, 2.24) is 9.80 Å². The topological polar surface area (TPSA) is 70.1 Å². The number of carbonyl (C=O) groups excluding carboxylic acids is 2. The van der Waals surface area contributed by atoms with Crippen molar-refractivity contribution >= 4 is 27.9 Å². The molecule has 2 amide bonds. The van der Waals surface area contributed by atoms with E-state index in [1.165, 1.54) is 0 Å². The number of halogens is 1. The van der Waals surface area contributed by atoms with Gasteiger partial charge in [-0.2, -0.15) is 0 Å². The van der Waals surface area contributed by atoms with Gasteiger partial charge in [-0.3, -0.25) is 4.79 Å². The molecule has 0 aliphatic carbocycles. The number of hydrogen-bond donors (Lipinski definition) is 1. The van der Waals surface area contributed by atoms with E-state index in [2.05, 4.69) is 15.9 Å². The molecule has 0 spiro atoms. The fourth-order valence-corrected chi connectivity index (χ4v) is 2.81. The molecule has 6 nitrogen and oxygen atoms in total. The number of piperidine rings is 1. The fourth-order valence-electron chi connectivity index (χ4n) is 2.59. The normalized spacial score (nSPS) is 17.1. The largest absolute Gasteiger partial charge is 0.444 e. The number of aliphatic hydroxyl groups excluding tert-OH is 1. The van der Waals surface area contributed by atoms with Crippen molar-refractivity contribution in [3.63, 3.8) is 0 Å².